The summed E-state index contributed by atoms with van der Waals surface area (Å²) in [4.78, 5) is 10.6. The Hall–Kier alpha value is -0.940. The summed E-state index contributed by atoms with van der Waals surface area (Å²) in [5.74, 6) is 1.25. The molecule has 0 saturated heterocycles. The molecule has 3 N–H and O–H groups in total. The number of hydrogen-bond donors (Lipinski definition) is 2. The van der Waals surface area contributed by atoms with Gasteiger partial charge in [0.25, 0.3) is 0 Å². The molecule has 0 aliphatic heterocycles. The Kier molecular flexibility index (Phi) is 4.71. The first-order valence-electron chi connectivity index (χ1n) is 4.77. The third-order valence-corrected chi connectivity index (χ3v) is 3.15. The molecule has 1 aromatic rings. The molecule has 0 aliphatic carbocycles. The quantitative estimate of drug-likeness (QED) is 0.779. The molecule has 15 heavy (non-hydrogen) atoms. The zero-order valence-corrected chi connectivity index (χ0v) is 9.42. The van der Waals surface area contributed by atoms with Gasteiger partial charge in [0.1, 0.15) is 12.0 Å². The third-order valence-electron chi connectivity index (χ3n) is 2.00. The Balaban J connectivity index is 2.35. The second-order valence-electron chi connectivity index (χ2n) is 3.29. The van der Waals surface area contributed by atoms with Crippen LogP contribution in [0.2, 0.25) is 0 Å². The molecule has 0 saturated carbocycles. The predicted molar refractivity (Wildman–Crippen MR) is 60.1 cm³/mol. The SMILES string of the molecule is CCC(N)CSCc1cc(C(=O)O)co1. The van der Waals surface area contributed by atoms with Crippen molar-refractivity contribution in [1.82, 2.24) is 0 Å². The van der Waals surface area contributed by atoms with Crippen molar-refractivity contribution < 1.29 is 14.3 Å². The van der Waals surface area contributed by atoms with E-state index in [0.29, 0.717) is 11.5 Å². The molecule has 0 aliphatic rings. The highest BCUT2D eigenvalue weighted by Gasteiger charge is 2.08. The highest BCUT2D eigenvalue weighted by atomic mass is 32.2. The van der Waals surface area contributed by atoms with Crippen molar-refractivity contribution in [3.8, 4) is 0 Å². The van der Waals surface area contributed by atoms with Gasteiger partial charge in [-0.05, 0) is 12.5 Å². The molecule has 1 atom stereocenters. The Labute approximate surface area is 92.8 Å². The van der Waals surface area contributed by atoms with Crippen molar-refractivity contribution >= 4 is 17.7 Å². The lowest BCUT2D eigenvalue weighted by Crippen LogP contribution is -2.21. The van der Waals surface area contributed by atoms with Gasteiger partial charge in [-0.1, -0.05) is 6.92 Å². The van der Waals surface area contributed by atoms with Crippen molar-refractivity contribution in [2.24, 2.45) is 5.73 Å². The molecule has 0 amide bonds. The third kappa shape index (κ3) is 3.97. The van der Waals surface area contributed by atoms with Gasteiger partial charge in [0.05, 0.1) is 11.3 Å². The number of thioether (sulfide) groups is 1. The van der Waals surface area contributed by atoms with Crippen LogP contribution >= 0.6 is 11.8 Å². The molecule has 1 aromatic heterocycles. The first kappa shape index (κ1) is 12.1. The molecule has 5 heteroatoms. The Morgan fingerprint density at radius 1 is 1.73 bits per heavy atom. The van der Waals surface area contributed by atoms with E-state index in [1.165, 1.54) is 6.26 Å². The summed E-state index contributed by atoms with van der Waals surface area (Å²) < 4.78 is 5.10. The number of nitrogens with two attached hydrogens (primary N) is 1. The first-order chi connectivity index (χ1) is 7.13. The Morgan fingerprint density at radius 2 is 2.47 bits per heavy atom. The fraction of sp³-hybridized carbons (Fsp3) is 0.500. The van der Waals surface area contributed by atoms with Crippen molar-refractivity contribution in [1.29, 1.82) is 0 Å². The van der Waals surface area contributed by atoms with Gasteiger partial charge in [-0.3, -0.25) is 0 Å². The summed E-state index contributed by atoms with van der Waals surface area (Å²) >= 11 is 1.65. The fourth-order valence-electron chi connectivity index (χ4n) is 0.997. The summed E-state index contributed by atoms with van der Waals surface area (Å²) in [6, 6.07) is 1.75. The molecule has 1 unspecified atom stereocenters. The number of furan rings is 1. The Morgan fingerprint density at radius 3 is 3.00 bits per heavy atom. The Bertz CT molecular complexity index is 324. The zero-order chi connectivity index (χ0) is 11.3. The van der Waals surface area contributed by atoms with E-state index in [9.17, 15) is 4.79 Å². The smallest absolute Gasteiger partial charge is 0.338 e. The van der Waals surface area contributed by atoms with Crippen LogP contribution in [0, 0.1) is 0 Å². The zero-order valence-electron chi connectivity index (χ0n) is 8.60. The average Bonchev–Trinajstić information content (AvgIpc) is 2.66. The van der Waals surface area contributed by atoms with E-state index in [2.05, 4.69) is 0 Å². The largest absolute Gasteiger partial charge is 0.478 e. The van der Waals surface area contributed by atoms with Gasteiger partial charge in [0, 0.05) is 11.8 Å². The van der Waals surface area contributed by atoms with E-state index in [0.717, 1.165) is 12.2 Å². The lowest BCUT2D eigenvalue weighted by atomic mass is 10.3. The monoisotopic (exact) mass is 229 g/mol. The van der Waals surface area contributed by atoms with Crippen LogP contribution in [0.25, 0.3) is 0 Å². The van der Waals surface area contributed by atoms with Gasteiger partial charge in [-0.15, -0.1) is 0 Å². The molecule has 1 heterocycles. The van der Waals surface area contributed by atoms with E-state index in [1.54, 1.807) is 17.8 Å². The van der Waals surface area contributed by atoms with Gasteiger partial charge in [0.15, 0.2) is 0 Å². The van der Waals surface area contributed by atoms with Crippen LogP contribution in [0.4, 0.5) is 0 Å². The maximum Gasteiger partial charge on any atom is 0.338 e. The van der Waals surface area contributed by atoms with E-state index in [1.807, 2.05) is 6.92 Å². The highest BCUT2D eigenvalue weighted by Crippen LogP contribution is 2.16. The van der Waals surface area contributed by atoms with Crippen molar-refractivity contribution in [2.75, 3.05) is 5.75 Å². The molecule has 0 bridgehead atoms. The second-order valence-corrected chi connectivity index (χ2v) is 4.32. The minimum Gasteiger partial charge on any atom is -0.478 e. The highest BCUT2D eigenvalue weighted by molar-refractivity contribution is 7.98. The van der Waals surface area contributed by atoms with Crippen molar-refractivity contribution in [2.45, 2.75) is 25.1 Å². The molecule has 0 radical (unpaired) electrons. The summed E-state index contributed by atoms with van der Waals surface area (Å²) in [7, 11) is 0. The van der Waals surface area contributed by atoms with Gasteiger partial charge >= 0.3 is 5.97 Å². The van der Waals surface area contributed by atoms with Crippen LogP contribution in [-0.2, 0) is 5.75 Å². The minimum absolute atomic E-state index is 0.198. The lowest BCUT2D eigenvalue weighted by molar-refractivity contribution is 0.0696. The molecule has 0 aromatic carbocycles. The van der Waals surface area contributed by atoms with Crippen LogP contribution < -0.4 is 5.73 Å². The second kappa shape index (κ2) is 5.82. The van der Waals surface area contributed by atoms with Crippen LogP contribution in [0.1, 0.15) is 29.5 Å². The van der Waals surface area contributed by atoms with E-state index < -0.39 is 5.97 Å². The normalized spacial score (nSPS) is 12.7. The van der Waals surface area contributed by atoms with Gasteiger partial charge in [-0.25, -0.2) is 4.79 Å². The summed E-state index contributed by atoms with van der Waals surface area (Å²) in [5.41, 5.74) is 5.94. The maximum atomic E-state index is 10.6. The van der Waals surface area contributed by atoms with Gasteiger partial charge in [0.2, 0.25) is 0 Å². The summed E-state index contributed by atoms with van der Waals surface area (Å²) in [6.07, 6.45) is 2.21. The number of hydrogen-bond acceptors (Lipinski definition) is 4. The number of rotatable bonds is 6. The van der Waals surface area contributed by atoms with E-state index >= 15 is 0 Å². The van der Waals surface area contributed by atoms with Crippen LogP contribution in [0.3, 0.4) is 0 Å². The molecular formula is C10H15NO3S. The standard InChI is InChI=1S/C10H15NO3S/c1-2-8(11)5-15-6-9-3-7(4-14-9)10(12)13/h3-4,8H,2,5-6,11H2,1H3,(H,12,13). The fourth-order valence-corrected chi connectivity index (χ4v) is 2.01. The predicted octanol–water partition coefficient (Wildman–Crippen LogP) is 1.95. The molecule has 0 spiro atoms. The van der Waals surface area contributed by atoms with Crippen LogP contribution in [0.15, 0.2) is 16.7 Å². The number of aromatic carboxylic acids is 1. The van der Waals surface area contributed by atoms with Gasteiger partial charge < -0.3 is 15.3 Å². The molecule has 84 valence electrons. The van der Waals surface area contributed by atoms with E-state index in [4.69, 9.17) is 15.3 Å². The molecule has 0 fully saturated rings. The summed E-state index contributed by atoms with van der Waals surface area (Å²) in [6.45, 7) is 2.04. The van der Waals surface area contributed by atoms with E-state index in [-0.39, 0.29) is 11.6 Å². The number of carbonyl (C=O) groups is 1. The molecule has 1 rings (SSSR count). The van der Waals surface area contributed by atoms with Gasteiger partial charge in [-0.2, -0.15) is 11.8 Å². The van der Waals surface area contributed by atoms with Crippen LogP contribution in [0.5, 0.6) is 0 Å². The minimum atomic E-state index is -0.958. The molecular weight excluding hydrogens is 214 g/mol. The van der Waals surface area contributed by atoms with Crippen LogP contribution in [-0.4, -0.2) is 22.9 Å². The van der Waals surface area contributed by atoms with Crippen molar-refractivity contribution in [3.63, 3.8) is 0 Å². The topological polar surface area (TPSA) is 76.5 Å². The number of carboxylic acid groups (broad SMARTS) is 1. The lowest BCUT2D eigenvalue weighted by Gasteiger charge is -2.06. The number of carboxylic acids is 1. The summed E-state index contributed by atoms with van der Waals surface area (Å²) in [5, 5.41) is 8.66. The molecule has 4 nitrogen and oxygen atoms in total. The first-order valence-corrected chi connectivity index (χ1v) is 5.93. The van der Waals surface area contributed by atoms with Crippen molar-refractivity contribution in [3.05, 3.63) is 23.7 Å². The average molecular weight is 229 g/mol. The maximum absolute atomic E-state index is 10.6.